The lowest BCUT2D eigenvalue weighted by molar-refractivity contribution is 0.0696. The van der Waals surface area contributed by atoms with Crippen molar-refractivity contribution in [3.05, 3.63) is 45.7 Å². The highest BCUT2D eigenvalue weighted by Crippen LogP contribution is 2.19. The van der Waals surface area contributed by atoms with Gasteiger partial charge in [-0.05, 0) is 24.1 Å². The number of nitrogens with one attached hydrogen (secondary N) is 1. The summed E-state index contributed by atoms with van der Waals surface area (Å²) in [4.78, 5) is 27.0. The van der Waals surface area contributed by atoms with Gasteiger partial charge in [0.2, 0.25) is 0 Å². The van der Waals surface area contributed by atoms with E-state index in [4.69, 9.17) is 5.11 Å². The van der Waals surface area contributed by atoms with Crippen LogP contribution in [0.15, 0.2) is 23.6 Å². The van der Waals surface area contributed by atoms with Crippen molar-refractivity contribution in [1.29, 1.82) is 0 Å². The van der Waals surface area contributed by atoms with Gasteiger partial charge in [0.15, 0.2) is 0 Å². The number of hydrogen-bond acceptors (Lipinski definition) is 4. The minimum atomic E-state index is -1.23. The van der Waals surface area contributed by atoms with Crippen LogP contribution in [0.3, 0.4) is 0 Å². The number of nitrogens with zero attached hydrogens (tertiary/aromatic N) is 1. The predicted octanol–water partition coefficient (Wildman–Crippen LogP) is 3.43. The lowest BCUT2D eigenvalue weighted by atomic mass is 10.1. The molecule has 1 aromatic heterocycles. The van der Waals surface area contributed by atoms with E-state index in [0.29, 0.717) is 5.92 Å². The van der Waals surface area contributed by atoms with Crippen molar-refractivity contribution in [3.63, 3.8) is 0 Å². The number of rotatable bonds is 5. The quantitative estimate of drug-likeness (QED) is 0.884. The molecule has 0 aliphatic rings. The molecule has 2 rings (SSSR count). The van der Waals surface area contributed by atoms with E-state index in [-0.39, 0.29) is 16.9 Å². The summed E-state index contributed by atoms with van der Waals surface area (Å²) in [7, 11) is 0. The molecule has 22 heavy (non-hydrogen) atoms. The van der Waals surface area contributed by atoms with Gasteiger partial charge in [-0.15, -0.1) is 11.3 Å². The number of benzene rings is 1. The molecule has 0 aliphatic carbocycles. The molecule has 0 saturated heterocycles. The summed E-state index contributed by atoms with van der Waals surface area (Å²) in [5.74, 6) is -2.11. The van der Waals surface area contributed by atoms with Gasteiger partial charge in [-0.3, -0.25) is 4.79 Å². The van der Waals surface area contributed by atoms with Crippen LogP contribution in [-0.2, 0) is 6.42 Å². The lowest BCUT2D eigenvalue weighted by Gasteiger charge is -2.05. The third kappa shape index (κ3) is 3.88. The van der Waals surface area contributed by atoms with Gasteiger partial charge >= 0.3 is 5.97 Å². The number of carboxylic acid groups (broad SMARTS) is 1. The lowest BCUT2D eigenvalue weighted by Crippen LogP contribution is -2.14. The van der Waals surface area contributed by atoms with Crippen molar-refractivity contribution >= 4 is 28.9 Å². The van der Waals surface area contributed by atoms with E-state index < -0.39 is 17.7 Å². The molecule has 0 saturated carbocycles. The second kappa shape index (κ2) is 6.65. The van der Waals surface area contributed by atoms with E-state index in [1.165, 1.54) is 23.5 Å². The first kappa shape index (κ1) is 16.1. The molecule has 116 valence electrons. The molecule has 0 fully saturated rings. The molecule has 2 aromatic rings. The average Bonchev–Trinajstić information content (AvgIpc) is 2.88. The van der Waals surface area contributed by atoms with Crippen LogP contribution in [0.1, 0.15) is 39.7 Å². The molecule has 1 aromatic carbocycles. The highest BCUT2D eigenvalue weighted by atomic mass is 32.1. The summed E-state index contributed by atoms with van der Waals surface area (Å²) in [5.41, 5.74) is -0.0286. The van der Waals surface area contributed by atoms with E-state index in [9.17, 15) is 14.0 Å². The molecule has 0 spiro atoms. The first-order valence-corrected chi connectivity index (χ1v) is 7.53. The highest BCUT2D eigenvalue weighted by molar-refractivity contribution is 7.09. The van der Waals surface area contributed by atoms with Crippen LogP contribution in [0, 0.1) is 11.7 Å². The van der Waals surface area contributed by atoms with Gasteiger partial charge in [0.25, 0.3) is 5.91 Å². The number of anilines is 1. The summed E-state index contributed by atoms with van der Waals surface area (Å²) < 4.78 is 13.8. The molecule has 0 unspecified atom stereocenters. The summed E-state index contributed by atoms with van der Waals surface area (Å²) in [6.45, 7) is 4.11. The third-order valence-corrected chi connectivity index (χ3v) is 3.70. The Labute approximate surface area is 130 Å². The smallest absolute Gasteiger partial charge is 0.335 e. The standard InChI is InChI=1S/C15H15FN2O3S/c1-8(2)5-13-17-12(7-22-13)14(19)18-11-4-3-9(15(20)21)6-10(11)16/h3-4,6-8H,5H2,1-2H3,(H,18,19)(H,20,21). The molecule has 1 amide bonds. The molecule has 5 nitrogen and oxygen atoms in total. The highest BCUT2D eigenvalue weighted by Gasteiger charge is 2.15. The molecule has 0 bridgehead atoms. The fraction of sp³-hybridized carbons (Fsp3) is 0.267. The molecule has 2 N–H and O–H groups in total. The van der Waals surface area contributed by atoms with Crippen LogP contribution in [0.4, 0.5) is 10.1 Å². The second-order valence-electron chi connectivity index (χ2n) is 5.18. The Morgan fingerprint density at radius 2 is 2.14 bits per heavy atom. The van der Waals surface area contributed by atoms with Crippen LogP contribution >= 0.6 is 11.3 Å². The minimum absolute atomic E-state index is 0.0755. The number of carbonyl (C=O) groups is 2. The van der Waals surface area contributed by atoms with Gasteiger partial charge in [0.05, 0.1) is 16.3 Å². The molecular formula is C15H15FN2O3S. The second-order valence-corrected chi connectivity index (χ2v) is 6.12. The molecule has 0 radical (unpaired) electrons. The Balaban J connectivity index is 2.11. The van der Waals surface area contributed by atoms with Crippen molar-refractivity contribution in [2.75, 3.05) is 5.32 Å². The first-order valence-electron chi connectivity index (χ1n) is 6.65. The van der Waals surface area contributed by atoms with Crippen molar-refractivity contribution in [2.45, 2.75) is 20.3 Å². The first-order chi connectivity index (χ1) is 10.4. The minimum Gasteiger partial charge on any atom is -0.478 e. The Bertz CT molecular complexity index is 713. The van der Waals surface area contributed by atoms with E-state index in [1.54, 1.807) is 5.38 Å². The van der Waals surface area contributed by atoms with Crippen molar-refractivity contribution in [3.8, 4) is 0 Å². The zero-order valence-electron chi connectivity index (χ0n) is 12.1. The number of amides is 1. The number of carbonyl (C=O) groups excluding carboxylic acids is 1. The predicted molar refractivity (Wildman–Crippen MR) is 82.0 cm³/mol. The topological polar surface area (TPSA) is 79.3 Å². The SMILES string of the molecule is CC(C)Cc1nc(C(=O)Nc2ccc(C(=O)O)cc2F)cs1. The zero-order valence-corrected chi connectivity index (χ0v) is 12.9. The monoisotopic (exact) mass is 322 g/mol. The van der Waals surface area contributed by atoms with Gasteiger partial charge in [-0.25, -0.2) is 14.2 Å². The van der Waals surface area contributed by atoms with Crippen LogP contribution in [0.5, 0.6) is 0 Å². The summed E-state index contributed by atoms with van der Waals surface area (Å²) >= 11 is 1.38. The number of thiazole rings is 1. The number of aromatic nitrogens is 1. The van der Waals surface area contributed by atoms with E-state index in [1.807, 2.05) is 0 Å². The van der Waals surface area contributed by atoms with Crippen molar-refractivity contribution in [2.24, 2.45) is 5.92 Å². The third-order valence-electron chi connectivity index (χ3n) is 2.83. The molecule has 1 heterocycles. The van der Waals surface area contributed by atoms with Crippen LogP contribution < -0.4 is 5.32 Å². The maximum absolute atomic E-state index is 13.8. The summed E-state index contributed by atoms with van der Waals surface area (Å²) in [6.07, 6.45) is 0.777. The largest absolute Gasteiger partial charge is 0.478 e. The van der Waals surface area contributed by atoms with Crippen molar-refractivity contribution < 1.29 is 19.1 Å². The van der Waals surface area contributed by atoms with Gasteiger partial charge in [0.1, 0.15) is 11.5 Å². The summed E-state index contributed by atoms with van der Waals surface area (Å²) in [5, 5.41) is 13.6. The molecule has 0 atom stereocenters. The van der Waals surface area contributed by atoms with Crippen LogP contribution in [0.2, 0.25) is 0 Å². The Morgan fingerprint density at radius 3 is 2.73 bits per heavy atom. The zero-order chi connectivity index (χ0) is 16.3. The molecule has 0 aliphatic heterocycles. The van der Waals surface area contributed by atoms with Crippen LogP contribution in [0.25, 0.3) is 0 Å². The van der Waals surface area contributed by atoms with Crippen LogP contribution in [-0.4, -0.2) is 22.0 Å². The van der Waals surface area contributed by atoms with E-state index >= 15 is 0 Å². The average molecular weight is 322 g/mol. The number of halogens is 1. The Morgan fingerprint density at radius 1 is 1.41 bits per heavy atom. The van der Waals surface area contributed by atoms with Gasteiger partial charge < -0.3 is 10.4 Å². The van der Waals surface area contributed by atoms with Gasteiger partial charge in [-0.2, -0.15) is 0 Å². The van der Waals surface area contributed by atoms with Gasteiger partial charge in [-0.1, -0.05) is 13.8 Å². The molecule has 7 heteroatoms. The Kier molecular flexibility index (Phi) is 4.87. The van der Waals surface area contributed by atoms with E-state index in [0.717, 1.165) is 17.5 Å². The normalized spacial score (nSPS) is 10.7. The maximum atomic E-state index is 13.8. The van der Waals surface area contributed by atoms with Crippen molar-refractivity contribution in [1.82, 2.24) is 4.98 Å². The molecular weight excluding hydrogens is 307 g/mol. The van der Waals surface area contributed by atoms with Gasteiger partial charge in [0, 0.05) is 11.8 Å². The fourth-order valence-corrected chi connectivity index (χ4v) is 2.78. The number of aromatic carboxylic acids is 1. The van der Waals surface area contributed by atoms with E-state index in [2.05, 4.69) is 24.1 Å². The Hall–Kier alpha value is -2.28. The fourth-order valence-electron chi connectivity index (χ4n) is 1.79. The summed E-state index contributed by atoms with van der Waals surface area (Å²) in [6, 6.07) is 3.31. The number of carboxylic acids is 1. The maximum Gasteiger partial charge on any atom is 0.335 e. The number of hydrogen-bond donors (Lipinski definition) is 2.